The summed E-state index contributed by atoms with van der Waals surface area (Å²) in [5.41, 5.74) is 0.588. The maximum absolute atomic E-state index is 8.70. The van der Waals surface area contributed by atoms with E-state index in [1.165, 1.54) is 0 Å². The van der Waals surface area contributed by atoms with Gasteiger partial charge in [0.15, 0.2) is 11.5 Å². The summed E-state index contributed by atoms with van der Waals surface area (Å²) in [6.07, 6.45) is 2.57. The maximum atomic E-state index is 8.70. The minimum Gasteiger partial charge on any atom is -0.493 e. The smallest absolute Gasteiger partial charge is 0.162 e. The van der Waals surface area contributed by atoms with Gasteiger partial charge in [-0.2, -0.15) is 5.26 Å². The third-order valence-electron chi connectivity index (χ3n) is 2.11. The molecule has 0 heterocycles. The molecule has 0 spiro atoms. The number of ether oxygens (including phenoxy) is 2. The second kappa shape index (κ2) is 3.59. The van der Waals surface area contributed by atoms with Crippen LogP contribution in [0.5, 0.6) is 11.5 Å². The van der Waals surface area contributed by atoms with Crippen LogP contribution in [0.4, 0.5) is 0 Å². The lowest BCUT2D eigenvalue weighted by Gasteiger charge is -2.09. The van der Waals surface area contributed by atoms with Crippen LogP contribution in [0.15, 0.2) is 18.2 Å². The zero-order valence-corrected chi connectivity index (χ0v) is 7.99. The van der Waals surface area contributed by atoms with Crippen molar-refractivity contribution in [2.45, 2.75) is 18.9 Å². The predicted molar refractivity (Wildman–Crippen MR) is 51.4 cm³/mol. The summed E-state index contributed by atoms with van der Waals surface area (Å²) in [4.78, 5) is 0. The highest BCUT2D eigenvalue weighted by Gasteiger charge is 2.24. The molecule has 72 valence electrons. The third kappa shape index (κ3) is 1.80. The number of benzene rings is 1. The van der Waals surface area contributed by atoms with Gasteiger partial charge in [-0.15, -0.1) is 0 Å². The van der Waals surface area contributed by atoms with Crippen molar-refractivity contribution >= 4 is 0 Å². The molecule has 1 fully saturated rings. The Morgan fingerprint density at radius 3 is 2.71 bits per heavy atom. The summed E-state index contributed by atoms with van der Waals surface area (Å²) >= 11 is 0. The van der Waals surface area contributed by atoms with Gasteiger partial charge in [0.25, 0.3) is 0 Å². The van der Waals surface area contributed by atoms with Crippen molar-refractivity contribution in [1.82, 2.24) is 0 Å². The molecule has 0 atom stereocenters. The Hall–Kier alpha value is -1.69. The van der Waals surface area contributed by atoms with Crippen LogP contribution in [0.3, 0.4) is 0 Å². The molecule has 0 amide bonds. The molecule has 2 rings (SSSR count). The van der Waals surface area contributed by atoms with Gasteiger partial charge in [0.1, 0.15) is 0 Å². The summed E-state index contributed by atoms with van der Waals surface area (Å²) in [6, 6.07) is 7.28. The molecule has 0 bridgehead atoms. The fourth-order valence-electron chi connectivity index (χ4n) is 1.20. The fourth-order valence-corrected chi connectivity index (χ4v) is 1.20. The molecule has 1 aliphatic carbocycles. The number of nitriles is 1. The summed E-state index contributed by atoms with van der Waals surface area (Å²) < 4.78 is 10.8. The van der Waals surface area contributed by atoms with Gasteiger partial charge in [0.2, 0.25) is 0 Å². The third-order valence-corrected chi connectivity index (χ3v) is 2.11. The van der Waals surface area contributed by atoms with Gasteiger partial charge >= 0.3 is 0 Å². The van der Waals surface area contributed by atoms with Crippen LogP contribution in [0, 0.1) is 11.3 Å². The Morgan fingerprint density at radius 1 is 1.36 bits per heavy atom. The first kappa shape index (κ1) is 8.89. The van der Waals surface area contributed by atoms with E-state index in [4.69, 9.17) is 14.7 Å². The molecule has 0 aromatic heterocycles. The first-order chi connectivity index (χ1) is 6.83. The number of hydrogen-bond acceptors (Lipinski definition) is 3. The first-order valence-electron chi connectivity index (χ1n) is 4.58. The van der Waals surface area contributed by atoms with E-state index in [0.717, 1.165) is 18.6 Å². The standard InChI is InChI=1S/C11H11NO2/c1-13-11-6-8(7-12)2-5-10(11)14-9-3-4-9/h2,5-6,9H,3-4H2,1H3. The average molecular weight is 189 g/mol. The molecule has 1 saturated carbocycles. The van der Waals surface area contributed by atoms with E-state index in [1.54, 1.807) is 25.3 Å². The highest BCUT2D eigenvalue weighted by molar-refractivity contribution is 5.46. The Kier molecular flexibility index (Phi) is 2.28. The largest absolute Gasteiger partial charge is 0.493 e. The van der Waals surface area contributed by atoms with Crippen LogP contribution in [-0.2, 0) is 0 Å². The van der Waals surface area contributed by atoms with Gasteiger partial charge in [0.05, 0.1) is 24.8 Å². The number of rotatable bonds is 3. The van der Waals surface area contributed by atoms with Gasteiger partial charge in [-0.1, -0.05) is 0 Å². The van der Waals surface area contributed by atoms with E-state index < -0.39 is 0 Å². The van der Waals surface area contributed by atoms with Gasteiger partial charge in [-0.3, -0.25) is 0 Å². The highest BCUT2D eigenvalue weighted by atomic mass is 16.5. The number of nitrogens with zero attached hydrogens (tertiary/aromatic N) is 1. The molecule has 0 aliphatic heterocycles. The number of hydrogen-bond donors (Lipinski definition) is 0. The molecule has 0 radical (unpaired) electrons. The van der Waals surface area contributed by atoms with Crippen molar-refractivity contribution in [1.29, 1.82) is 5.26 Å². The predicted octanol–water partition coefficient (Wildman–Crippen LogP) is 2.11. The number of methoxy groups -OCH3 is 1. The molecule has 1 aromatic rings. The zero-order chi connectivity index (χ0) is 9.97. The second-order valence-corrected chi connectivity index (χ2v) is 3.29. The molecule has 1 aromatic carbocycles. The van der Waals surface area contributed by atoms with Gasteiger partial charge in [0, 0.05) is 6.07 Å². The molecule has 1 aliphatic rings. The monoisotopic (exact) mass is 189 g/mol. The van der Waals surface area contributed by atoms with E-state index in [9.17, 15) is 0 Å². The normalized spacial score (nSPS) is 14.6. The lowest BCUT2D eigenvalue weighted by Crippen LogP contribution is -1.98. The van der Waals surface area contributed by atoms with E-state index in [1.807, 2.05) is 0 Å². The minimum absolute atomic E-state index is 0.344. The van der Waals surface area contributed by atoms with Crippen molar-refractivity contribution in [3.63, 3.8) is 0 Å². The van der Waals surface area contributed by atoms with Crippen molar-refractivity contribution in [3.05, 3.63) is 23.8 Å². The fraction of sp³-hybridized carbons (Fsp3) is 0.364. The van der Waals surface area contributed by atoms with Crippen LogP contribution >= 0.6 is 0 Å². The zero-order valence-electron chi connectivity index (χ0n) is 7.99. The van der Waals surface area contributed by atoms with E-state index in [-0.39, 0.29) is 0 Å². The van der Waals surface area contributed by atoms with Crippen molar-refractivity contribution in [3.8, 4) is 17.6 Å². The van der Waals surface area contributed by atoms with Crippen LogP contribution in [-0.4, -0.2) is 13.2 Å². The van der Waals surface area contributed by atoms with E-state index in [2.05, 4.69) is 6.07 Å². The molecule has 3 nitrogen and oxygen atoms in total. The lowest BCUT2D eigenvalue weighted by atomic mass is 10.2. The van der Waals surface area contributed by atoms with Crippen molar-refractivity contribution in [2.24, 2.45) is 0 Å². The van der Waals surface area contributed by atoms with Crippen molar-refractivity contribution < 1.29 is 9.47 Å². The Bertz CT molecular complexity index is 377. The quantitative estimate of drug-likeness (QED) is 0.731. The van der Waals surface area contributed by atoms with Gasteiger partial charge in [-0.05, 0) is 25.0 Å². The molecular weight excluding hydrogens is 178 g/mol. The topological polar surface area (TPSA) is 42.2 Å². The summed E-state index contributed by atoms with van der Waals surface area (Å²) in [5.74, 6) is 1.37. The first-order valence-corrected chi connectivity index (χ1v) is 4.58. The molecule has 3 heteroatoms. The Labute approximate surface area is 82.9 Å². The van der Waals surface area contributed by atoms with Gasteiger partial charge in [-0.25, -0.2) is 0 Å². The summed E-state index contributed by atoms with van der Waals surface area (Å²) in [7, 11) is 1.58. The molecule has 0 saturated heterocycles. The SMILES string of the molecule is COc1cc(C#N)ccc1OC1CC1. The second-order valence-electron chi connectivity index (χ2n) is 3.29. The van der Waals surface area contributed by atoms with Crippen LogP contribution in [0.25, 0.3) is 0 Å². The lowest BCUT2D eigenvalue weighted by molar-refractivity contribution is 0.282. The van der Waals surface area contributed by atoms with E-state index >= 15 is 0 Å². The Morgan fingerprint density at radius 2 is 2.14 bits per heavy atom. The molecular formula is C11H11NO2. The van der Waals surface area contributed by atoms with Crippen molar-refractivity contribution in [2.75, 3.05) is 7.11 Å². The molecule has 0 unspecified atom stereocenters. The molecule has 0 N–H and O–H groups in total. The maximum Gasteiger partial charge on any atom is 0.162 e. The van der Waals surface area contributed by atoms with Crippen LogP contribution in [0.1, 0.15) is 18.4 Å². The van der Waals surface area contributed by atoms with Crippen LogP contribution in [0.2, 0.25) is 0 Å². The van der Waals surface area contributed by atoms with E-state index in [0.29, 0.717) is 17.4 Å². The van der Waals surface area contributed by atoms with Gasteiger partial charge < -0.3 is 9.47 Å². The molecule has 14 heavy (non-hydrogen) atoms. The van der Waals surface area contributed by atoms with Crippen LogP contribution < -0.4 is 9.47 Å². The summed E-state index contributed by atoms with van der Waals surface area (Å²) in [6.45, 7) is 0. The minimum atomic E-state index is 0.344. The average Bonchev–Trinajstić information content (AvgIpc) is 3.02. The summed E-state index contributed by atoms with van der Waals surface area (Å²) in [5, 5.41) is 8.70. The Balaban J connectivity index is 2.25. The highest BCUT2D eigenvalue weighted by Crippen LogP contribution is 2.33.